The van der Waals surface area contributed by atoms with Crippen LogP contribution in [0.1, 0.15) is 51.3 Å². The van der Waals surface area contributed by atoms with E-state index in [9.17, 15) is 19.2 Å². The number of ether oxygens (including phenoxy) is 1. The van der Waals surface area contributed by atoms with Crippen molar-refractivity contribution in [2.24, 2.45) is 0 Å². The van der Waals surface area contributed by atoms with Crippen molar-refractivity contribution in [3.05, 3.63) is 59.2 Å². The molecule has 1 N–H and O–H groups in total. The highest BCUT2D eigenvalue weighted by molar-refractivity contribution is 6.22. The Morgan fingerprint density at radius 1 is 1.04 bits per heavy atom. The average Bonchev–Trinajstić information content (AvgIpc) is 2.87. The number of Topliss-reactive ketones (excluding diaryl/α,β-unsaturated/α-hetero) is 1. The third-order valence-electron chi connectivity index (χ3n) is 4.72. The number of anilines is 1. The molecular formula is C21H18N2O5. The number of benzene rings is 2. The molecule has 142 valence electrons. The summed E-state index contributed by atoms with van der Waals surface area (Å²) < 4.78 is 5.79. The minimum absolute atomic E-state index is 0.0669. The Morgan fingerprint density at radius 2 is 1.68 bits per heavy atom. The molecule has 0 saturated carbocycles. The quantitative estimate of drug-likeness (QED) is 0.829. The molecule has 7 heteroatoms. The number of nitrogens with one attached hydrogen (secondary N) is 1. The SMILES string of the molecule is CC1(C)CC(=O)c2cc(NC(=O)CN3C(=O)c4ccccc4C3=O)ccc2O1. The Morgan fingerprint density at radius 3 is 2.32 bits per heavy atom. The third-order valence-corrected chi connectivity index (χ3v) is 4.72. The van der Waals surface area contributed by atoms with Gasteiger partial charge in [-0.3, -0.25) is 24.1 Å². The Bertz CT molecular complexity index is 1010. The van der Waals surface area contributed by atoms with Crippen molar-refractivity contribution >= 4 is 29.2 Å². The van der Waals surface area contributed by atoms with E-state index in [-0.39, 0.29) is 12.2 Å². The van der Waals surface area contributed by atoms with Gasteiger partial charge in [-0.1, -0.05) is 12.1 Å². The second kappa shape index (κ2) is 6.30. The van der Waals surface area contributed by atoms with Gasteiger partial charge in [-0.05, 0) is 44.2 Å². The van der Waals surface area contributed by atoms with Crippen LogP contribution in [0.4, 0.5) is 5.69 Å². The number of imide groups is 1. The molecular weight excluding hydrogens is 360 g/mol. The summed E-state index contributed by atoms with van der Waals surface area (Å²) in [6.07, 6.45) is 0.242. The topological polar surface area (TPSA) is 92.8 Å². The van der Waals surface area contributed by atoms with Gasteiger partial charge in [0.15, 0.2) is 5.78 Å². The molecule has 28 heavy (non-hydrogen) atoms. The highest BCUT2D eigenvalue weighted by Crippen LogP contribution is 2.34. The first-order valence-corrected chi connectivity index (χ1v) is 8.86. The van der Waals surface area contributed by atoms with Gasteiger partial charge < -0.3 is 10.1 Å². The van der Waals surface area contributed by atoms with Gasteiger partial charge in [0.2, 0.25) is 5.91 Å². The van der Waals surface area contributed by atoms with Crippen LogP contribution in [0.2, 0.25) is 0 Å². The van der Waals surface area contributed by atoms with Gasteiger partial charge in [-0.2, -0.15) is 0 Å². The molecule has 2 aromatic rings. The molecule has 0 spiro atoms. The Balaban J connectivity index is 1.48. The molecule has 2 aromatic carbocycles. The number of hydrogen-bond acceptors (Lipinski definition) is 5. The van der Waals surface area contributed by atoms with E-state index in [2.05, 4.69) is 5.32 Å². The van der Waals surface area contributed by atoms with Crippen molar-refractivity contribution in [3.63, 3.8) is 0 Å². The Kier molecular flexibility index (Phi) is 4.03. The van der Waals surface area contributed by atoms with Crippen molar-refractivity contribution in [2.45, 2.75) is 25.9 Å². The smallest absolute Gasteiger partial charge is 0.262 e. The number of ketones is 1. The fraction of sp³-hybridized carbons (Fsp3) is 0.238. The maximum Gasteiger partial charge on any atom is 0.262 e. The van der Waals surface area contributed by atoms with Gasteiger partial charge in [-0.15, -0.1) is 0 Å². The molecule has 4 rings (SSSR count). The minimum Gasteiger partial charge on any atom is -0.487 e. The lowest BCUT2D eigenvalue weighted by molar-refractivity contribution is -0.116. The Hall–Kier alpha value is -3.48. The van der Waals surface area contributed by atoms with Crippen molar-refractivity contribution in [1.82, 2.24) is 4.90 Å². The summed E-state index contributed by atoms with van der Waals surface area (Å²) in [7, 11) is 0. The lowest BCUT2D eigenvalue weighted by Crippen LogP contribution is -2.37. The van der Waals surface area contributed by atoms with Crippen LogP contribution in [0.25, 0.3) is 0 Å². The predicted octanol–water partition coefficient (Wildman–Crippen LogP) is 2.67. The van der Waals surface area contributed by atoms with E-state index in [1.54, 1.807) is 42.5 Å². The van der Waals surface area contributed by atoms with Gasteiger partial charge in [0.25, 0.3) is 11.8 Å². The van der Waals surface area contributed by atoms with Gasteiger partial charge in [0.05, 0.1) is 23.1 Å². The molecule has 7 nitrogen and oxygen atoms in total. The monoisotopic (exact) mass is 378 g/mol. The summed E-state index contributed by atoms with van der Waals surface area (Å²) in [5.74, 6) is -1.11. The molecule has 0 aromatic heterocycles. The zero-order valence-electron chi connectivity index (χ0n) is 15.4. The molecule has 2 heterocycles. The van der Waals surface area contributed by atoms with Gasteiger partial charge in [0.1, 0.15) is 17.9 Å². The summed E-state index contributed by atoms with van der Waals surface area (Å²) >= 11 is 0. The normalized spacial score (nSPS) is 17.1. The molecule has 2 aliphatic rings. The summed E-state index contributed by atoms with van der Waals surface area (Å²) in [5.41, 5.74) is 0.814. The molecule has 0 saturated heterocycles. The lowest BCUT2D eigenvalue weighted by Gasteiger charge is -2.31. The van der Waals surface area contributed by atoms with Crippen molar-refractivity contribution < 1.29 is 23.9 Å². The standard InChI is InChI=1S/C21H18N2O5/c1-21(2)10-16(24)15-9-12(7-8-17(15)28-21)22-18(25)11-23-19(26)13-5-3-4-6-14(13)20(23)27/h3-9H,10-11H2,1-2H3,(H,22,25). The number of carbonyl (C=O) groups is 4. The molecule has 2 aliphatic heterocycles. The molecule has 0 fully saturated rings. The lowest BCUT2D eigenvalue weighted by atomic mass is 9.93. The van der Waals surface area contributed by atoms with Crippen LogP contribution in [0.15, 0.2) is 42.5 Å². The largest absolute Gasteiger partial charge is 0.487 e. The molecule has 0 radical (unpaired) electrons. The summed E-state index contributed by atoms with van der Waals surface area (Å²) in [4.78, 5) is 50.4. The number of hydrogen-bond donors (Lipinski definition) is 1. The Labute approximate surface area is 161 Å². The zero-order chi connectivity index (χ0) is 20.1. The van der Waals surface area contributed by atoms with Crippen LogP contribution in [-0.4, -0.2) is 40.6 Å². The highest BCUT2D eigenvalue weighted by atomic mass is 16.5. The number of amides is 3. The number of rotatable bonds is 3. The number of fused-ring (bicyclic) bond motifs is 2. The van der Waals surface area contributed by atoms with Gasteiger partial charge in [0, 0.05) is 5.69 Å². The number of carbonyl (C=O) groups excluding carboxylic acids is 4. The van der Waals surface area contributed by atoms with Crippen LogP contribution >= 0.6 is 0 Å². The molecule has 0 unspecified atom stereocenters. The van der Waals surface area contributed by atoms with Gasteiger partial charge in [-0.25, -0.2) is 0 Å². The minimum atomic E-state index is -0.569. The molecule has 0 atom stereocenters. The van der Waals surface area contributed by atoms with Crippen molar-refractivity contribution in [2.75, 3.05) is 11.9 Å². The van der Waals surface area contributed by atoms with E-state index in [0.717, 1.165) is 4.90 Å². The van der Waals surface area contributed by atoms with E-state index in [4.69, 9.17) is 4.74 Å². The van der Waals surface area contributed by atoms with Crippen molar-refractivity contribution in [1.29, 1.82) is 0 Å². The first-order valence-electron chi connectivity index (χ1n) is 8.86. The van der Waals surface area contributed by atoms with E-state index in [1.165, 1.54) is 0 Å². The molecule has 0 bridgehead atoms. The zero-order valence-corrected chi connectivity index (χ0v) is 15.4. The first kappa shape index (κ1) is 17.9. The summed E-state index contributed by atoms with van der Waals surface area (Å²) in [6.45, 7) is 3.28. The van der Waals surface area contributed by atoms with Crippen LogP contribution in [0.3, 0.4) is 0 Å². The van der Waals surface area contributed by atoms with E-state index < -0.39 is 29.9 Å². The second-order valence-corrected chi connectivity index (χ2v) is 7.46. The second-order valence-electron chi connectivity index (χ2n) is 7.46. The van der Waals surface area contributed by atoms with Crippen LogP contribution in [0, 0.1) is 0 Å². The third kappa shape index (κ3) is 3.05. The van der Waals surface area contributed by atoms with Crippen LogP contribution < -0.4 is 10.1 Å². The fourth-order valence-corrected chi connectivity index (χ4v) is 3.46. The maximum atomic E-state index is 12.4. The summed E-state index contributed by atoms with van der Waals surface area (Å²) in [6, 6.07) is 11.3. The molecule has 3 amide bonds. The molecule has 0 aliphatic carbocycles. The van der Waals surface area contributed by atoms with Gasteiger partial charge >= 0.3 is 0 Å². The van der Waals surface area contributed by atoms with E-state index in [0.29, 0.717) is 28.1 Å². The average molecular weight is 378 g/mol. The van der Waals surface area contributed by atoms with Crippen LogP contribution in [0.5, 0.6) is 5.75 Å². The number of nitrogens with zero attached hydrogens (tertiary/aromatic N) is 1. The van der Waals surface area contributed by atoms with Crippen molar-refractivity contribution in [3.8, 4) is 5.75 Å². The first-order chi connectivity index (χ1) is 13.2. The van der Waals surface area contributed by atoms with E-state index >= 15 is 0 Å². The van der Waals surface area contributed by atoms with Crippen LogP contribution in [-0.2, 0) is 4.79 Å². The van der Waals surface area contributed by atoms with E-state index in [1.807, 2.05) is 13.8 Å². The fourth-order valence-electron chi connectivity index (χ4n) is 3.46. The highest BCUT2D eigenvalue weighted by Gasteiger charge is 2.36. The predicted molar refractivity (Wildman–Crippen MR) is 101 cm³/mol. The summed E-state index contributed by atoms with van der Waals surface area (Å²) in [5, 5.41) is 2.64. The maximum absolute atomic E-state index is 12.4.